The molecule has 36 heteroatoms. The molecule has 0 spiro atoms. The average Bonchev–Trinajstić information content (AvgIpc) is 1.33. The van der Waals surface area contributed by atoms with E-state index in [1.807, 2.05) is 6.92 Å². The number of H-pyrrole nitrogens is 1. The van der Waals surface area contributed by atoms with E-state index < -0.39 is 192 Å². The van der Waals surface area contributed by atoms with Gasteiger partial charge in [0.25, 0.3) is 0 Å². The van der Waals surface area contributed by atoms with Crippen LogP contribution in [0.15, 0.2) is 170 Å². The number of primary amides is 1. The van der Waals surface area contributed by atoms with Crippen molar-refractivity contribution in [3.05, 3.63) is 203 Å². The predicted molar refractivity (Wildman–Crippen MR) is 480 cm³/mol. The van der Waals surface area contributed by atoms with E-state index in [2.05, 4.69) is 52.8 Å². The van der Waals surface area contributed by atoms with Gasteiger partial charge in [-0.3, -0.25) is 76.7 Å². The van der Waals surface area contributed by atoms with Crippen molar-refractivity contribution >= 4 is 117 Å². The first-order valence-corrected chi connectivity index (χ1v) is 44.1. The van der Waals surface area contributed by atoms with Crippen molar-refractivity contribution in [1.82, 2.24) is 77.3 Å². The summed E-state index contributed by atoms with van der Waals surface area (Å²) in [5.41, 5.74) is 9.20. The molecule has 0 radical (unpaired) electrons. The Morgan fingerprint density at radius 1 is 0.496 bits per heavy atom. The third-order valence-corrected chi connectivity index (χ3v) is 23.7. The van der Waals surface area contributed by atoms with Crippen LogP contribution in [0.4, 0.5) is 0 Å². The van der Waals surface area contributed by atoms with Crippen molar-refractivity contribution in [3.8, 4) is 11.5 Å². The molecule has 0 unspecified atom stereocenters. The lowest BCUT2D eigenvalue weighted by atomic mass is 9.99. The summed E-state index contributed by atoms with van der Waals surface area (Å²) < 4.78 is 0. The highest BCUT2D eigenvalue weighted by molar-refractivity contribution is 8.00. The molecule has 2 aliphatic rings. The molecule has 2 fully saturated rings. The summed E-state index contributed by atoms with van der Waals surface area (Å²) in [5, 5.41) is 55.7. The lowest BCUT2D eigenvalue weighted by Gasteiger charge is -2.37. The van der Waals surface area contributed by atoms with Crippen LogP contribution in [0.25, 0.3) is 10.9 Å². The predicted octanol–water partition coefficient (Wildman–Crippen LogP) is 2.22. The summed E-state index contributed by atoms with van der Waals surface area (Å²) in [7, 11) is 5.27. The normalized spacial score (nSPS) is 22.9. The Morgan fingerprint density at radius 3 is 1.55 bits per heavy atom. The van der Waals surface area contributed by atoms with Crippen LogP contribution in [-0.2, 0) is 115 Å². The van der Waals surface area contributed by atoms with Crippen LogP contribution < -0.4 is 53.6 Å². The summed E-state index contributed by atoms with van der Waals surface area (Å²) in [6.07, 6.45) is 0.468. The standard InChI is InChI=1S/C93H116N16O19S/c1-9-10-31-75-92(127)105(5)52-79(113)98-70(49-81(115)116)83(118)97-56(4)89(124)107(7)76(46-58-25-16-12-17-26-58)88(123)103-72(45-61-35-39-64(111)40-36-61)91(126)109-41-22-32-74(109)87(122)102-69(48-62-50-95-66-30-21-20-29-65(62)66)86(121)101-68(43-60-33-37-63(110)38-34-60)85(120)100-67(42-55(2)3)84(119)104-73(82(117)96-51-78(94)112)53-129-54-80(114)99-71(44-57-23-14-11-15-24-57)90(125)108(8)77(93(128)106(75)6)47-59-27-18-13-19-28-59/h11-21,23-30,33-40,50,55-56,67-77,95,110-111H,9-10,22,31-32,41-49,51-54H2,1-8H3,(H2,94,112)(H,96,117)(H,97,118)(H,98,113)(H,99,114)(H,100,120)(H,101,121)(H,102,122)(H,103,123)(H,104,119)(H,115,116)/t56-,67-,68-,69-,70-,71-,72-,73-,74+,75-,76-,77-/m0/s1. The largest absolute Gasteiger partial charge is 0.508 e. The highest BCUT2D eigenvalue weighted by Gasteiger charge is 2.44. The monoisotopic (exact) mass is 1790 g/mol. The number of aromatic amines is 1. The number of unbranched alkanes of at least 4 members (excludes halogenated alkanes) is 1. The molecule has 1 aromatic heterocycles. The first kappa shape index (κ1) is 99.1. The number of aromatic nitrogens is 1. The summed E-state index contributed by atoms with van der Waals surface area (Å²) in [5.74, 6) is -16.4. The van der Waals surface area contributed by atoms with Crippen molar-refractivity contribution in [2.75, 3.05) is 59.3 Å². The number of likely N-dealkylation sites (N-methyl/N-ethyl adjacent to an activating group) is 4. The van der Waals surface area contributed by atoms with Gasteiger partial charge in [-0.25, -0.2) is 0 Å². The first-order chi connectivity index (χ1) is 61.5. The van der Waals surface area contributed by atoms with Gasteiger partial charge in [-0.2, -0.15) is 0 Å². The molecule has 0 bridgehead atoms. The molecule has 35 nitrogen and oxygen atoms in total. The van der Waals surface area contributed by atoms with E-state index in [1.165, 1.54) is 98.3 Å². The Labute approximate surface area is 752 Å². The molecule has 12 atom stereocenters. The number of carbonyl (C=O) groups is 16. The Balaban J connectivity index is 1.11. The second-order valence-corrected chi connectivity index (χ2v) is 34.0. The number of fused-ring (bicyclic) bond motifs is 2. The number of carboxylic acid groups (broad SMARTS) is 1. The molecule has 3 heterocycles. The number of phenols is 2. The molecular formula is C93H116N16O19S. The number of phenolic OH excluding ortho intramolecular Hbond substituents is 2. The number of hydrogen-bond acceptors (Lipinski definition) is 19. The van der Waals surface area contributed by atoms with Crippen molar-refractivity contribution in [2.24, 2.45) is 11.7 Å². The number of amides is 15. The third-order valence-electron chi connectivity index (χ3n) is 22.6. The van der Waals surface area contributed by atoms with E-state index in [-0.39, 0.29) is 93.9 Å². The number of thioether (sulfide) groups is 1. The minimum absolute atomic E-state index is 0.0315. The number of para-hydroxylation sites is 1. The van der Waals surface area contributed by atoms with Gasteiger partial charge in [0.15, 0.2) is 0 Å². The quantitative estimate of drug-likeness (QED) is 0.0462. The van der Waals surface area contributed by atoms with Gasteiger partial charge in [0.1, 0.15) is 84.0 Å². The number of carbonyl (C=O) groups excluding carboxylic acids is 15. The highest BCUT2D eigenvalue weighted by atomic mass is 32.2. The molecule has 15 N–H and O–H groups in total. The topological polar surface area (TPSA) is 500 Å². The number of nitrogens with one attached hydrogen (secondary N) is 10. The molecule has 0 saturated carbocycles. The Bertz CT molecular complexity index is 5110. The van der Waals surface area contributed by atoms with Gasteiger partial charge < -0.3 is 98.4 Å². The van der Waals surface area contributed by atoms with Crippen LogP contribution in [-0.4, -0.2) is 271 Å². The van der Waals surface area contributed by atoms with E-state index >= 15 is 38.4 Å². The number of nitrogens with two attached hydrogens (primary N) is 1. The molecule has 129 heavy (non-hydrogen) atoms. The van der Waals surface area contributed by atoms with Gasteiger partial charge in [0, 0.05) is 96.1 Å². The molecule has 15 amide bonds. The number of benzene rings is 6. The Hall–Kier alpha value is -13.7. The van der Waals surface area contributed by atoms with Crippen molar-refractivity contribution in [2.45, 2.75) is 184 Å². The van der Waals surface area contributed by atoms with Crippen LogP contribution in [0.1, 0.15) is 106 Å². The van der Waals surface area contributed by atoms with E-state index in [0.29, 0.717) is 57.1 Å². The summed E-state index contributed by atoms with van der Waals surface area (Å²) in [4.78, 5) is 244. The zero-order valence-corrected chi connectivity index (χ0v) is 74.3. The molecule has 2 aliphatic heterocycles. The van der Waals surface area contributed by atoms with E-state index in [1.54, 1.807) is 135 Å². The molecular weight excluding hydrogens is 1680 g/mol. The lowest BCUT2D eigenvalue weighted by Crippen LogP contribution is -2.61. The van der Waals surface area contributed by atoms with Crippen molar-refractivity contribution in [3.63, 3.8) is 0 Å². The number of aliphatic carboxylic acids is 1. The number of rotatable bonds is 22. The van der Waals surface area contributed by atoms with E-state index in [4.69, 9.17) is 5.73 Å². The highest BCUT2D eigenvalue weighted by Crippen LogP contribution is 2.27. The fraction of sp³-hybridized carbons (Fsp3) is 0.419. The number of hydrogen-bond donors (Lipinski definition) is 14. The minimum atomic E-state index is -1.89. The summed E-state index contributed by atoms with van der Waals surface area (Å²) in [6, 6.07) is 26.2. The smallest absolute Gasteiger partial charge is 0.305 e. The molecule has 7 aromatic rings. The lowest BCUT2D eigenvalue weighted by molar-refractivity contribution is -0.151. The number of aromatic hydroxyl groups is 2. The van der Waals surface area contributed by atoms with Gasteiger partial charge in [0.2, 0.25) is 88.6 Å². The van der Waals surface area contributed by atoms with Gasteiger partial charge in [-0.05, 0) is 102 Å². The van der Waals surface area contributed by atoms with E-state index in [9.17, 15) is 53.7 Å². The van der Waals surface area contributed by atoms with Crippen LogP contribution >= 0.6 is 11.8 Å². The SMILES string of the molecule is CCCC[C@H]1C(=O)N(C)CC(=O)N[C@@H](CC(=O)O)C(=O)N[C@@H](C)C(=O)N(C)[C@@H](Cc2ccccc2)C(=O)N[C@@H](Cc2ccc(O)cc2)C(=O)N2CCC[C@@H]2C(=O)N[C@@H](Cc2c[nH]c3ccccc23)C(=O)N[C@@H](Cc2ccc(O)cc2)C(=O)N[C@@H](CC(C)C)C(=O)N[C@H](C(=O)NCC(N)=O)CSCC(=O)N[C@@H](Cc2ccccc2)C(=O)N(C)[C@@H](Cc2ccccc2)C(=O)N1C. The van der Waals surface area contributed by atoms with E-state index in [0.717, 1.165) is 21.6 Å². The van der Waals surface area contributed by atoms with Gasteiger partial charge in [0.05, 0.1) is 25.3 Å². The second kappa shape index (κ2) is 47.8. The maximum atomic E-state index is 15.7. The Morgan fingerprint density at radius 2 is 0.977 bits per heavy atom. The van der Waals surface area contributed by atoms with Gasteiger partial charge in [-0.1, -0.05) is 167 Å². The summed E-state index contributed by atoms with van der Waals surface area (Å²) in [6.45, 7) is 5.07. The molecule has 9 rings (SSSR count). The fourth-order valence-corrected chi connectivity index (χ4v) is 16.5. The average molecular weight is 1790 g/mol. The molecule has 2 saturated heterocycles. The molecule has 6 aromatic carbocycles. The maximum absolute atomic E-state index is 15.7. The zero-order valence-electron chi connectivity index (χ0n) is 73.5. The van der Waals surface area contributed by atoms with Crippen molar-refractivity contribution < 1.29 is 92.0 Å². The van der Waals surface area contributed by atoms with Crippen LogP contribution in [0.2, 0.25) is 0 Å². The van der Waals surface area contributed by atoms with Crippen LogP contribution in [0.5, 0.6) is 11.5 Å². The number of carboxylic acids is 1. The molecule has 0 aliphatic carbocycles. The van der Waals surface area contributed by atoms with Crippen molar-refractivity contribution in [1.29, 1.82) is 0 Å². The van der Waals surface area contributed by atoms with Gasteiger partial charge in [-0.15, -0.1) is 11.8 Å². The maximum Gasteiger partial charge on any atom is 0.305 e. The van der Waals surface area contributed by atoms with Crippen LogP contribution in [0, 0.1) is 5.92 Å². The van der Waals surface area contributed by atoms with Gasteiger partial charge >= 0.3 is 5.97 Å². The molecule has 688 valence electrons. The zero-order chi connectivity index (χ0) is 93.7. The van der Waals surface area contributed by atoms with Crippen LogP contribution in [0.3, 0.4) is 0 Å². The Kier molecular flexibility index (Phi) is 36.7. The number of nitrogens with zero attached hydrogens (tertiary/aromatic N) is 5. The fourth-order valence-electron chi connectivity index (χ4n) is 15.6. The summed E-state index contributed by atoms with van der Waals surface area (Å²) >= 11 is 0.833. The third kappa shape index (κ3) is 28.9. The minimum Gasteiger partial charge on any atom is -0.508 e. The first-order valence-electron chi connectivity index (χ1n) is 42.9. The second-order valence-electron chi connectivity index (χ2n) is 33.0.